The lowest BCUT2D eigenvalue weighted by atomic mass is 9.97. The summed E-state index contributed by atoms with van der Waals surface area (Å²) in [6.07, 6.45) is 2.71. The molecule has 7 heteroatoms. The predicted octanol–water partition coefficient (Wildman–Crippen LogP) is 5.01. The van der Waals surface area contributed by atoms with Gasteiger partial charge in [0, 0.05) is 50.9 Å². The molecular weight excluding hydrogens is 537 g/mol. The third-order valence-corrected chi connectivity index (χ3v) is 6.07. The van der Waals surface area contributed by atoms with Crippen LogP contribution in [0.1, 0.15) is 51.2 Å². The van der Waals surface area contributed by atoms with Crippen LogP contribution in [0.5, 0.6) is 0 Å². The first-order chi connectivity index (χ1) is 15.9. The molecule has 2 aromatic carbocycles. The molecular formula is C27H40IN5O. The molecule has 2 atom stereocenters. The van der Waals surface area contributed by atoms with Gasteiger partial charge in [0.25, 0.3) is 0 Å². The quantitative estimate of drug-likeness (QED) is 0.235. The number of nitrogens with one attached hydrogen (secondary N) is 3. The van der Waals surface area contributed by atoms with Crippen LogP contribution in [0.25, 0.3) is 0 Å². The van der Waals surface area contributed by atoms with Gasteiger partial charge in [0.1, 0.15) is 0 Å². The largest absolute Gasteiger partial charge is 0.354 e. The zero-order chi connectivity index (χ0) is 23.6. The van der Waals surface area contributed by atoms with Crippen molar-refractivity contribution in [2.75, 3.05) is 18.9 Å². The molecule has 0 saturated carbocycles. The van der Waals surface area contributed by atoms with Gasteiger partial charge in [0.15, 0.2) is 5.96 Å². The number of nitrogens with zero attached hydrogens (tertiary/aromatic N) is 2. The monoisotopic (exact) mass is 577 g/mol. The Morgan fingerprint density at radius 2 is 1.85 bits per heavy atom. The first kappa shape index (κ1) is 28.1. The van der Waals surface area contributed by atoms with Crippen molar-refractivity contribution in [3.05, 3.63) is 65.7 Å². The minimum atomic E-state index is 0. The van der Waals surface area contributed by atoms with E-state index in [-0.39, 0.29) is 29.9 Å². The average Bonchev–Trinajstić information content (AvgIpc) is 2.78. The van der Waals surface area contributed by atoms with Gasteiger partial charge in [-0.25, -0.2) is 0 Å². The van der Waals surface area contributed by atoms with E-state index >= 15 is 0 Å². The van der Waals surface area contributed by atoms with E-state index in [1.54, 1.807) is 0 Å². The van der Waals surface area contributed by atoms with Crippen LogP contribution < -0.4 is 16.0 Å². The number of aliphatic imine (C=N–C) groups is 1. The fourth-order valence-corrected chi connectivity index (χ4v) is 4.32. The number of hydrogen-bond acceptors (Lipinski definition) is 3. The van der Waals surface area contributed by atoms with Crippen LogP contribution in [0.4, 0.5) is 5.69 Å². The number of carbonyl (C=O) groups is 1. The maximum absolute atomic E-state index is 12.1. The van der Waals surface area contributed by atoms with E-state index in [9.17, 15) is 4.79 Å². The topological polar surface area (TPSA) is 68.8 Å². The molecule has 1 saturated heterocycles. The molecule has 1 aliphatic rings. The van der Waals surface area contributed by atoms with Crippen LogP contribution in [-0.4, -0.2) is 42.4 Å². The van der Waals surface area contributed by atoms with E-state index in [1.165, 1.54) is 5.56 Å². The summed E-state index contributed by atoms with van der Waals surface area (Å²) in [5, 5.41) is 10.0. The first-order valence-corrected chi connectivity index (χ1v) is 12.1. The van der Waals surface area contributed by atoms with E-state index < -0.39 is 0 Å². The number of hydrogen-bond donors (Lipinski definition) is 3. The Balaban J connectivity index is 0.00000408. The van der Waals surface area contributed by atoms with E-state index in [0.717, 1.165) is 43.1 Å². The summed E-state index contributed by atoms with van der Waals surface area (Å²) in [6.45, 7) is 9.13. The standard InChI is InChI=1S/C27H39N5O.HI/c1-20(2)15-26(33)30-24-12-8-11-23(17-24)18-29-27(28-4)31-25-13-14-32(21(3)16-25)19-22-9-6-5-7-10-22;/h5-12,17,20-21,25H,13-16,18-19H2,1-4H3,(H,30,33)(H2,28,29,31);1H. The zero-order valence-corrected chi connectivity index (χ0v) is 23.2. The van der Waals surface area contributed by atoms with Crippen LogP contribution >= 0.6 is 24.0 Å². The average molecular weight is 578 g/mol. The molecule has 1 fully saturated rings. The zero-order valence-electron chi connectivity index (χ0n) is 20.9. The predicted molar refractivity (Wildman–Crippen MR) is 153 cm³/mol. The van der Waals surface area contributed by atoms with E-state index in [0.29, 0.717) is 31.0 Å². The van der Waals surface area contributed by atoms with Crippen molar-refractivity contribution < 1.29 is 4.79 Å². The van der Waals surface area contributed by atoms with Crippen LogP contribution in [0.15, 0.2) is 59.6 Å². The lowest BCUT2D eigenvalue weighted by Crippen LogP contribution is -2.51. The number of likely N-dealkylation sites (tertiary alicyclic amines) is 1. The molecule has 0 spiro atoms. The van der Waals surface area contributed by atoms with Crippen LogP contribution in [0.2, 0.25) is 0 Å². The fraction of sp³-hybridized carbons (Fsp3) is 0.481. The van der Waals surface area contributed by atoms with Gasteiger partial charge in [-0.1, -0.05) is 56.3 Å². The second kappa shape index (κ2) is 14.3. The molecule has 0 bridgehead atoms. The minimum Gasteiger partial charge on any atom is -0.354 e. The normalized spacial score (nSPS) is 18.8. The molecule has 3 N–H and O–H groups in total. The fourth-order valence-electron chi connectivity index (χ4n) is 4.32. The summed E-state index contributed by atoms with van der Waals surface area (Å²) in [7, 11) is 1.81. The number of benzene rings is 2. The van der Waals surface area contributed by atoms with Crippen LogP contribution in [-0.2, 0) is 17.9 Å². The third kappa shape index (κ3) is 9.25. The minimum absolute atomic E-state index is 0. The van der Waals surface area contributed by atoms with Crippen molar-refractivity contribution in [2.45, 2.75) is 65.2 Å². The maximum Gasteiger partial charge on any atom is 0.224 e. The molecule has 3 rings (SSSR count). The SMILES string of the molecule is CN=C(NCc1cccc(NC(=O)CC(C)C)c1)NC1CCN(Cc2ccccc2)C(C)C1.I. The van der Waals surface area contributed by atoms with Crippen molar-refractivity contribution in [3.8, 4) is 0 Å². The van der Waals surface area contributed by atoms with Crippen molar-refractivity contribution in [2.24, 2.45) is 10.9 Å². The van der Waals surface area contributed by atoms with Gasteiger partial charge in [0.05, 0.1) is 0 Å². The van der Waals surface area contributed by atoms with Gasteiger partial charge in [-0.15, -0.1) is 24.0 Å². The van der Waals surface area contributed by atoms with Crippen molar-refractivity contribution >= 4 is 41.5 Å². The summed E-state index contributed by atoms with van der Waals surface area (Å²) in [6, 6.07) is 19.6. The number of anilines is 1. The molecule has 2 unspecified atom stereocenters. The molecule has 6 nitrogen and oxygen atoms in total. The summed E-state index contributed by atoms with van der Waals surface area (Å²) in [5.74, 6) is 1.22. The summed E-state index contributed by atoms with van der Waals surface area (Å²) in [4.78, 5) is 19.0. The van der Waals surface area contributed by atoms with E-state index in [2.05, 4.69) is 69.2 Å². The van der Waals surface area contributed by atoms with Crippen molar-refractivity contribution in [3.63, 3.8) is 0 Å². The van der Waals surface area contributed by atoms with Gasteiger partial charge in [-0.3, -0.25) is 14.7 Å². The number of guanidine groups is 1. The van der Waals surface area contributed by atoms with Crippen molar-refractivity contribution in [1.82, 2.24) is 15.5 Å². The molecule has 0 radical (unpaired) electrons. The Morgan fingerprint density at radius 1 is 1.12 bits per heavy atom. The maximum atomic E-state index is 12.1. The van der Waals surface area contributed by atoms with Gasteiger partial charge in [-0.05, 0) is 48.9 Å². The Labute approximate surface area is 222 Å². The molecule has 34 heavy (non-hydrogen) atoms. The van der Waals surface area contributed by atoms with Crippen LogP contribution in [0.3, 0.4) is 0 Å². The first-order valence-electron chi connectivity index (χ1n) is 12.1. The summed E-state index contributed by atoms with van der Waals surface area (Å²) >= 11 is 0. The Bertz CT molecular complexity index is 918. The molecule has 0 aliphatic carbocycles. The van der Waals surface area contributed by atoms with Gasteiger partial charge in [-0.2, -0.15) is 0 Å². The molecule has 1 aliphatic heterocycles. The highest BCUT2D eigenvalue weighted by atomic mass is 127. The number of piperidine rings is 1. The number of halogens is 1. The highest BCUT2D eigenvalue weighted by molar-refractivity contribution is 14.0. The smallest absolute Gasteiger partial charge is 0.224 e. The molecule has 186 valence electrons. The summed E-state index contributed by atoms with van der Waals surface area (Å²) in [5.41, 5.74) is 3.31. The highest BCUT2D eigenvalue weighted by Crippen LogP contribution is 2.20. The Morgan fingerprint density at radius 3 is 2.53 bits per heavy atom. The van der Waals surface area contributed by atoms with E-state index in [1.807, 2.05) is 39.1 Å². The van der Waals surface area contributed by atoms with Gasteiger partial charge in [0.2, 0.25) is 5.91 Å². The molecule has 2 aromatic rings. The molecule has 0 aromatic heterocycles. The lowest BCUT2D eigenvalue weighted by Gasteiger charge is -2.38. The molecule has 1 heterocycles. The second-order valence-electron chi connectivity index (χ2n) is 9.44. The molecule has 1 amide bonds. The third-order valence-electron chi connectivity index (χ3n) is 6.07. The number of amides is 1. The van der Waals surface area contributed by atoms with Gasteiger partial charge < -0.3 is 16.0 Å². The van der Waals surface area contributed by atoms with Gasteiger partial charge >= 0.3 is 0 Å². The number of rotatable bonds is 8. The van der Waals surface area contributed by atoms with E-state index in [4.69, 9.17) is 0 Å². The lowest BCUT2D eigenvalue weighted by molar-refractivity contribution is -0.116. The number of carbonyl (C=O) groups excluding carboxylic acids is 1. The summed E-state index contributed by atoms with van der Waals surface area (Å²) < 4.78 is 0. The highest BCUT2D eigenvalue weighted by Gasteiger charge is 2.25. The second-order valence-corrected chi connectivity index (χ2v) is 9.44. The van der Waals surface area contributed by atoms with Crippen molar-refractivity contribution in [1.29, 1.82) is 0 Å². The van der Waals surface area contributed by atoms with Crippen LogP contribution in [0, 0.1) is 5.92 Å². The Hall–Kier alpha value is -2.13. The Kier molecular flexibility index (Phi) is 11.8.